The molecular formula is C23H26N2O4S2. The third kappa shape index (κ3) is 5.94. The monoisotopic (exact) mass is 458 g/mol. The van der Waals surface area contributed by atoms with Gasteiger partial charge in [0.25, 0.3) is 10.0 Å². The lowest BCUT2D eigenvalue weighted by atomic mass is 9.99. The van der Waals surface area contributed by atoms with Crippen LogP contribution in [0.25, 0.3) is 0 Å². The number of benzene rings is 3. The first-order valence-electron chi connectivity index (χ1n) is 9.98. The lowest BCUT2D eigenvalue weighted by Crippen LogP contribution is -2.23. The van der Waals surface area contributed by atoms with Gasteiger partial charge in [0.05, 0.1) is 9.79 Å². The topological polar surface area (TPSA) is 92.3 Å². The maximum Gasteiger partial charge on any atom is 0.261 e. The van der Waals surface area contributed by atoms with E-state index in [0.717, 1.165) is 17.5 Å². The number of rotatable bonds is 9. The molecule has 0 aliphatic rings. The van der Waals surface area contributed by atoms with Crippen molar-refractivity contribution in [2.75, 3.05) is 4.72 Å². The molecular weight excluding hydrogens is 432 g/mol. The van der Waals surface area contributed by atoms with Crippen molar-refractivity contribution in [2.24, 2.45) is 0 Å². The quantitative estimate of drug-likeness (QED) is 0.494. The zero-order chi connectivity index (χ0) is 22.5. The molecule has 1 atom stereocenters. The van der Waals surface area contributed by atoms with E-state index in [9.17, 15) is 16.8 Å². The second kappa shape index (κ2) is 9.64. The molecule has 0 saturated carbocycles. The average Bonchev–Trinajstić information content (AvgIpc) is 2.78. The molecule has 1 unspecified atom stereocenters. The first-order valence-corrected chi connectivity index (χ1v) is 12.9. The van der Waals surface area contributed by atoms with Crippen molar-refractivity contribution >= 4 is 25.7 Å². The largest absolute Gasteiger partial charge is 0.280 e. The molecule has 0 aliphatic carbocycles. The van der Waals surface area contributed by atoms with Crippen molar-refractivity contribution < 1.29 is 16.8 Å². The summed E-state index contributed by atoms with van der Waals surface area (Å²) >= 11 is 0. The van der Waals surface area contributed by atoms with Gasteiger partial charge in [0, 0.05) is 12.2 Å². The van der Waals surface area contributed by atoms with Crippen LogP contribution in [0.5, 0.6) is 0 Å². The molecule has 0 aromatic heterocycles. The Morgan fingerprint density at radius 1 is 0.742 bits per heavy atom. The highest BCUT2D eigenvalue weighted by Crippen LogP contribution is 2.22. The van der Waals surface area contributed by atoms with Gasteiger partial charge in [-0.15, -0.1) is 0 Å². The van der Waals surface area contributed by atoms with E-state index < -0.39 is 20.0 Å². The molecule has 3 aromatic carbocycles. The van der Waals surface area contributed by atoms with E-state index in [1.165, 1.54) is 24.3 Å². The van der Waals surface area contributed by atoms with Crippen molar-refractivity contribution in [2.45, 2.75) is 42.5 Å². The fourth-order valence-corrected chi connectivity index (χ4v) is 5.06. The first kappa shape index (κ1) is 23.0. The number of hydrogen-bond acceptors (Lipinski definition) is 4. The molecule has 3 aromatic rings. The molecule has 8 heteroatoms. The molecule has 0 saturated heterocycles. The summed E-state index contributed by atoms with van der Waals surface area (Å²) in [6, 6.07) is 21.6. The predicted molar refractivity (Wildman–Crippen MR) is 123 cm³/mol. The second-order valence-corrected chi connectivity index (χ2v) is 10.8. The second-order valence-electron chi connectivity index (χ2n) is 7.32. The van der Waals surface area contributed by atoms with Crippen LogP contribution in [-0.2, 0) is 26.6 Å². The Labute approximate surface area is 184 Å². The normalized spacial score (nSPS) is 13.0. The highest BCUT2D eigenvalue weighted by Gasteiger charge is 2.17. The van der Waals surface area contributed by atoms with Crippen LogP contribution in [0.4, 0.5) is 5.69 Å². The Hall–Kier alpha value is -2.68. The molecule has 6 nitrogen and oxygen atoms in total. The molecule has 0 amide bonds. The highest BCUT2D eigenvalue weighted by molar-refractivity contribution is 7.92. The summed E-state index contributed by atoms with van der Waals surface area (Å²) in [5.74, 6) is 0.356. The molecule has 0 bridgehead atoms. The van der Waals surface area contributed by atoms with E-state index in [-0.39, 0.29) is 22.0 Å². The van der Waals surface area contributed by atoms with Crippen LogP contribution in [0.15, 0.2) is 88.7 Å². The molecule has 0 radical (unpaired) electrons. The predicted octanol–water partition coefficient (Wildman–Crippen LogP) is 4.48. The Bertz CT molecular complexity index is 1210. The number of sulfonamides is 2. The van der Waals surface area contributed by atoms with Crippen molar-refractivity contribution in [1.82, 2.24) is 4.72 Å². The third-order valence-corrected chi connectivity index (χ3v) is 7.91. The highest BCUT2D eigenvalue weighted by atomic mass is 32.2. The van der Waals surface area contributed by atoms with Crippen LogP contribution in [-0.4, -0.2) is 16.8 Å². The standard InChI is InChI=1S/C23H26N2O4S2/c1-3-18(2)20-9-13-23(14-10-20)31(28,29)25-21-11-15-22(16-12-21)30(26,27)24-17-19-7-5-4-6-8-19/h4-16,18,24-25H,3,17H2,1-2H3. The molecule has 0 fully saturated rings. The van der Waals surface area contributed by atoms with Crippen molar-refractivity contribution in [3.63, 3.8) is 0 Å². The molecule has 0 aliphatic heterocycles. The summed E-state index contributed by atoms with van der Waals surface area (Å²) in [5.41, 5.74) is 2.21. The Morgan fingerprint density at radius 3 is 1.87 bits per heavy atom. The van der Waals surface area contributed by atoms with Gasteiger partial charge >= 0.3 is 0 Å². The van der Waals surface area contributed by atoms with E-state index >= 15 is 0 Å². The van der Waals surface area contributed by atoms with Gasteiger partial charge in [-0.1, -0.05) is 56.3 Å². The van der Waals surface area contributed by atoms with Gasteiger partial charge in [0.1, 0.15) is 0 Å². The molecule has 3 rings (SSSR count). The van der Waals surface area contributed by atoms with Crippen LogP contribution in [0.2, 0.25) is 0 Å². The van der Waals surface area contributed by atoms with Crippen LogP contribution in [0, 0.1) is 0 Å². The summed E-state index contributed by atoms with van der Waals surface area (Å²) in [7, 11) is -7.49. The van der Waals surface area contributed by atoms with Crippen molar-refractivity contribution in [1.29, 1.82) is 0 Å². The summed E-state index contributed by atoms with van der Waals surface area (Å²) in [6.07, 6.45) is 0.972. The minimum Gasteiger partial charge on any atom is -0.280 e. The van der Waals surface area contributed by atoms with Crippen molar-refractivity contribution in [3.8, 4) is 0 Å². The first-order chi connectivity index (χ1) is 14.7. The van der Waals surface area contributed by atoms with Crippen LogP contribution in [0.3, 0.4) is 0 Å². The Morgan fingerprint density at radius 2 is 1.29 bits per heavy atom. The molecule has 0 heterocycles. The summed E-state index contributed by atoms with van der Waals surface area (Å²) in [5, 5.41) is 0. The van der Waals surface area contributed by atoms with E-state index in [4.69, 9.17) is 0 Å². The summed E-state index contributed by atoms with van der Waals surface area (Å²) < 4.78 is 55.3. The molecule has 0 spiro atoms. The zero-order valence-corrected chi connectivity index (χ0v) is 19.1. The summed E-state index contributed by atoms with van der Waals surface area (Å²) in [6.45, 7) is 4.34. The van der Waals surface area contributed by atoms with Crippen molar-refractivity contribution in [3.05, 3.63) is 90.0 Å². The van der Waals surface area contributed by atoms with E-state index in [1.807, 2.05) is 42.5 Å². The third-order valence-electron chi connectivity index (χ3n) is 5.10. The lowest BCUT2D eigenvalue weighted by Gasteiger charge is -2.12. The lowest BCUT2D eigenvalue weighted by molar-refractivity contribution is 0.581. The zero-order valence-electron chi connectivity index (χ0n) is 17.4. The van der Waals surface area contributed by atoms with Gasteiger partial charge in [-0.25, -0.2) is 21.6 Å². The van der Waals surface area contributed by atoms with Gasteiger partial charge in [-0.3, -0.25) is 4.72 Å². The summed E-state index contributed by atoms with van der Waals surface area (Å²) in [4.78, 5) is 0.213. The number of anilines is 1. The van der Waals surface area contributed by atoms with Gasteiger partial charge in [0.2, 0.25) is 10.0 Å². The molecule has 164 valence electrons. The van der Waals surface area contributed by atoms with E-state index in [0.29, 0.717) is 5.92 Å². The van der Waals surface area contributed by atoms with Crippen LogP contribution in [0.1, 0.15) is 37.3 Å². The van der Waals surface area contributed by atoms with Crippen LogP contribution >= 0.6 is 0 Å². The number of nitrogens with one attached hydrogen (secondary N) is 2. The van der Waals surface area contributed by atoms with E-state index in [1.54, 1.807) is 12.1 Å². The van der Waals surface area contributed by atoms with E-state index in [2.05, 4.69) is 23.3 Å². The van der Waals surface area contributed by atoms with Gasteiger partial charge in [-0.2, -0.15) is 0 Å². The smallest absolute Gasteiger partial charge is 0.261 e. The Balaban J connectivity index is 1.69. The fraction of sp³-hybridized carbons (Fsp3) is 0.217. The van der Waals surface area contributed by atoms with Gasteiger partial charge in [-0.05, 0) is 59.9 Å². The Kier molecular flexibility index (Phi) is 7.15. The fourth-order valence-electron chi connectivity index (χ4n) is 2.98. The number of hydrogen-bond donors (Lipinski definition) is 2. The minimum atomic E-state index is -3.77. The van der Waals surface area contributed by atoms with Gasteiger partial charge in [0.15, 0.2) is 0 Å². The average molecular weight is 459 g/mol. The molecule has 31 heavy (non-hydrogen) atoms. The van der Waals surface area contributed by atoms with Crippen LogP contribution < -0.4 is 9.44 Å². The molecule has 2 N–H and O–H groups in total. The maximum atomic E-state index is 12.7. The maximum absolute atomic E-state index is 12.7. The minimum absolute atomic E-state index is 0.0595. The van der Waals surface area contributed by atoms with Gasteiger partial charge < -0.3 is 0 Å². The SMILES string of the molecule is CCC(C)c1ccc(S(=O)(=O)Nc2ccc(S(=O)(=O)NCc3ccccc3)cc2)cc1.